The molecule has 0 spiro atoms. The molecule has 0 aromatic carbocycles. The van der Waals surface area contributed by atoms with E-state index < -0.39 is 20.7 Å². The Morgan fingerprint density at radius 1 is 1.23 bits per heavy atom. The van der Waals surface area contributed by atoms with Gasteiger partial charge in [0.15, 0.2) is 0 Å². The Bertz CT molecular complexity index is 636. The molecular formula is C19H33N3O3S. The minimum atomic E-state index is -3.87. The number of allylic oxidation sites excluding steroid dienone is 2. The van der Waals surface area contributed by atoms with Gasteiger partial charge in [0.1, 0.15) is 4.75 Å². The molecule has 148 valence electrons. The zero-order valence-electron chi connectivity index (χ0n) is 15.9. The van der Waals surface area contributed by atoms with E-state index in [1.165, 1.54) is 19.3 Å². The van der Waals surface area contributed by atoms with Gasteiger partial charge in [0, 0.05) is 31.8 Å². The number of unbranched alkanes of at least 4 members (excludes halogenated alkanes) is 3. The Morgan fingerprint density at radius 3 is 2.54 bits per heavy atom. The SMILES string of the molecule is CCCCCCC(=O)NS(=O)(=O)C1(CN)C=CC(N2CCCCC2)=CC1. The van der Waals surface area contributed by atoms with E-state index >= 15 is 0 Å². The molecule has 0 bridgehead atoms. The summed E-state index contributed by atoms with van der Waals surface area (Å²) in [7, 11) is -3.87. The average molecular weight is 384 g/mol. The molecule has 1 fully saturated rings. The molecule has 1 atom stereocenters. The third kappa shape index (κ3) is 5.10. The summed E-state index contributed by atoms with van der Waals surface area (Å²) < 4.78 is 26.6. The summed E-state index contributed by atoms with van der Waals surface area (Å²) in [4.78, 5) is 14.3. The zero-order chi connectivity index (χ0) is 19.0. The fraction of sp³-hybridized carbons (Fsp3) is 0.737. The highest BCUT2D eigenvalue weighted by atomic mass is 32.2. The Hall–Kier alpha value is -1.34. The highest BCUT2D eigenvalue weighted by Crippen LogP contribution is 2.30. The average Bonchev–Trinajstić information content (AvgIpc) is 2.65. The molecule has 0 aromatic rings. The summed E-state index contributed by atoms with van der Waals surface area (Å²) in [6.07, 6.45) is 13.4. The second-order valence-corrected chi connectivity index (χ2v) is 9.35. The van der Waals surface area contributed by atoms with Crippen molar-refractivity contribution in [1.82, 2.24) is 9.62 Å². The number of rotatable bonds is 9. The third-order valence-corrected chi connectivity index (χ3v) is 7.36. The Kier molecular flexibility index (Phi) is 7.70. The number of nitrogens with zero attached hydrogens (tertiary/aromatic N) is 1. The van der Waals surface area contributed by atoms with Crippen molar-refractivity contribution in [2.45, 2.75) is 69.5 Å². The van der Waals surface area contributed by atoms with E-state index in [1.54, 1.807) is 6.08 Å². The number of sulfonamides is 1. The van der Waals surface area contributed by atoms with Crippen LogP contribution >= 0.6 is 0 Å². The molecule has 1 amide bonds. The maximum Gasteiger partial charge on any atom is 0.245 e. The first kappa shape index (κ1) is 21.0. The van der Waals surface area contributed by atoms with Gasteiger partial charge in [0.05, 0.1) is 0 Å². The third-order valence-electron chi connectivity index (χ3n) is 5.32. The van der Waals surface area contributed by atoms with Crippen LogP contribution in [0.4, 0.5) is 0 Å². The van der Waals surface area contributed by atoms with E-state index in [-0.39, 0.29) is 13.0 Å². The van der Waals surface area contributed by atoms with Gasteiger partial charge in [-0.15, -0.1) is 0 Å². The number of nitrogens with two attached hydrogens (primary N) is 1. The predicted octanol–water partition coefficient (Wildman–Crippen LogP) is 2.43. The number of likely N-dealkylation sites (tertiary alicyclic amines) is 1. The molecule has 2 aliphatic rings. The van der Waals surface area contributed by atoms with Crippen molar-refractivity contribution in [1.29, 1.82) is 0 Å². The van der Waals surface area contributed by atoms with E-state index in [2.05, 4.69) is 16.5 Å². The summed E-state index contributed by atoms with van der Waals surface area (Å²) in [6, 6.07) is 0. The first-order valence-corrected chi connectivity index (χ1v) is 11.3. The summed E-state index contributed by atoms with van der Waals surface area (Å²) >= 11 is 0. The first-order valence-electron chi connectivity index (χ1n) is 9.84. The molecule has 1 aliphatic carbocycles. The van der Waals surface area contributed by atoms with Crippen molar-refractivity contribution in [2.24, 2.45) is 5.73 Å². The molecule has 3 N–H and O–H groups in total. The van der Waals surface area contributed by atoms with Crippen LogP contribution in [0.2, 0.25) is 0 Å². The maximum atomic E-state index is 12.8. The number of hydrogen-bond donors (Lipinski definition) is 2. The molecule has 26 heavy (non-hydrogen) atoms. The van der Waals surface area contributed by atoms with Gasteiger partial charge in [-0.3, -0.25) is 9.52 Å². The minimum absolute atomic E-state index is 0.0499. The topological polar surface area (TPSA) is 92.5 Å². The molecule has 1 aliphatic heterocycles. The molecule has 7 heteroatoms. The number of nitrogens with one attached hydrogen (secondary N) is 1. The van der Waals surface area contributed by atoms with Crippen LogP contribution in [0.3, 0.4) is 0 Å². The second-order valence-electron chi connectivity index (χ2n) is 7.32. The van der Waals surface area contributed by atoms with Crippen molar-refractivity contribution in [3.05, 3.63) is 23.9 Å². The van der Waals surface area contributed by atoms with Crippen LogP contribution in [0.25, 0.3) is 0 Å². The highest BCUT2D eigenvalue weighted by molar-refractivity contribution is 7.91. The molecule has 1 heterocycles. The summed E-state index contributed by atoms with van der Waals surface area (Å²) in [5.41, 5.74) is 6.90. The number of carbonyl (C=O) groups is 1. The lowest BCUT2D eigenvalue weighted by atomic mass is 9.97. The number of amides is 1. The van der Waals surface area contributed by atoms with Crippen molar-refractivity contribution in [2.75, 3.05) is 19.6 Å². The van der Waals surface area contributed by atoms with Crippen LogP contribution in [-0.2, 0) is 14.8 Å². The molecule has 6 nitrogen and oxygen atoms in total. The lowest BCUT2D eigenvalue weighted by Crippen LogP contribution is -2.52. The minimum Gasteiger partial charge on any atom is -0.372 e. The van der Waals surface area contributed by atoms with Crippen molar-refractivity contribution >= 4 is 15.9 Å². The van der Waals surface area contributed by atoms with Crippen LogP contribution in [-0.4, -0.2) is 43.6 Å². The lowest BCUT2D eigenvalue weighted by Gasteiger charge is -2.35. The number of piperidine rings is 1. The van der Waals surface area contributed by atoms with E-state index in [9.17, 15) is 13.2 Å². The fourth-order valence-electron chi connectivity index (χ4n) is 3.51. The molecule has 1 unspecified atom stereocenters. The van der Waals surface area contributed by atoms with Gasteiger partial charge in [-0.25, -0.2) is 8.42 Å². The largest absolute Gasteiger partial charge is 0.372 e. The van der Waals surface area contributed by atoms with Crippen LogP contribution in [0.15, 0.2) is 23.9 Å². The van der Waals surface area contributed by atoms with Crippen LogP contribution in [0.1, 0.15) is 64.7 Å². The Labute approximate surface area is 157 Å². The molecule has 0 radical (unpaired) electrons. The predicted molar refractivity (Wildman–Crippen MR) is 105 cm³/mol. The molecule has 0 saturated carbocycles. The van der Waals surface area contributed by atoms with Crippen LogP contribution in [0.5, 0.6) is 0 Å². The van der Waals surface area contributed by atoms with E-state index in [4.69, 9.17) is 5.73 Å². The summed E-state index contributed by atoms with van der Waals surface area (Å²) in [5.74, 6) is -0.437. The van der Waals surface area contributed by atoms with E-state index in [0.29, 0.717) is 12.8 Å². The molecular weight excluding hydrogens is 350 g/mol. The molecule has 2 rings (SSSR count). The van der Waals surface area contributed by atoms with Gasteiger partial charge in [-0.1, -0.05) is 38.3 Å². The molecule has 0 aromatic heterocycles. The monoisotopic (exact) mass is 383 g/mol. The Morgan fingerprint density at radius 2 is 1.96 bits per heavy atom. The Balaban J connectivity index is 1.99. The van der Waals surface area contributed by atoms with Crippen LogP contribution < -0.4 is 10.5 Å². The second kappa shape index (κ2) is 9.55. The number of hydrogen-bond acceptors (Lipinski definition) is 5. The lowest BCUT2D eigenvalue weighted by molar-refractivity contribution is -0.119. The van der Waals surface area contributed by atoms with E-state index in [0.717, 1.165) is 38.0 Å². The van der Waals surface area contributed by atoms with Crippen molar-refractivity contribution < 1.29 is 13.2 Å². The summed E-state index contributed by atoms with van der Waals surface area (Å²) in [6.45, 7) is 4.06. The quantitative estimate of drug-likeness (QED) is 0.597. The first-order chi connectivity index (χ1) is 12.4. The van der Waals surface area contributed by atoms with Crippen molar-refractivity contribution in [3.8, 4) is 0 Å². The highest BCUT2D eigenvalue weighted by Gasteiger charge is 2.42. The standard InChI is InChI=1S/C19H33N3O3S/c1-2-3-4-6-9-18(23)21-26(24,25)19(16-20)12-10-17(11-13-19)22-14-7-5-8-15-22/h10-12H,2-9,13-16,20H2,1H3,(H,21,23). The van der Waals surface area contributed by atoms with Gasteiger partial charge >= 0.3 is 0 Å². The maximum absolute atomic E-state index is 12.8. The van der Waals surface area contributed by atoms with E-state index in [1.807, 2.05) is 12.2 Å². The molecule has 1 saturated heterocycles. The van der Waals surface area contributed by atoms with Gasteiger partial charge in [-0.05, 0) is 38.2 Å². The normalized spacial score (nSPS) is 23.6. The summed E-state index contributed by atoms with van der Waals surface area (Å²) in [5, 5.41) is 0. The van der Waals surface area contributed by atoms with Gasteiger partial charge in [-0.2, -0.15) is 0 Å². The smallest absolute Gasteiger partial charge is 0.245 e. The zero-order valence-corrected chi connectivity index (χ0v) is 16.7. The fourth-order valence-corrected chi connectivity index (χ4v) is 4.89. The van der Waals surface area contributed by atoms with Gasteiger partial charge < -0.3 is 10.6 Å². The van der Waals surface area contributed by atoms with Gasteiger partial charge in [0.25, 0.3) is 0 Å². The van der Waals surface area contributed by atoms with Crippen molar-refractivity contribution in [3.63, 3.8) is 0 Å². The van der Waals surface area contributed by atoms with Gasteiger partial charge in [0.2, 0.25) is 15.9 Å². The number of carbonyl (C=O) groups excluding carboxylic acids is 1. The van der Waals surface area contributed by atoms with Crippen LogP contribution in [0, 0.1) is 0 Å².